The van der Waals surface area contributed by atoms with Gasteiger partial charge in [0.2, 0.25) is 21.8 Å². The van der Waals surface area contributed by atoms with Gasteiger partial charge in [-0.1, -0.05) is 18.2 Å². The number of hydrogen-bond acceptors (Lipinski definition) is 6. The van der Waals surface area contributed by atoms with E-state index in [0.29, 0.717) is 19.6 Å². The molecule has 1 aromatic heterocycles. The number of amides is 2. The molecule has 1 aliphatic heterocycles. The largest absolute Gasteiger partial charge is 0.468 e. The standard InChI is InChI=1S/C22H30N4O5S/c1-24(2)19(20-9-6-16-31-20)17-23-21(27)10-11-22(28)25-12-14-26(15-13-25)32(29,30)18-7-4-3-5-8-18/h3-9,16,19H,10-15,17H2,1-2H3,(H,23,27). The van der Waals surface area contributed by atoms with Crippen LogP contribution in [0.1, 0.15) is 24.6 Å². The molecule has 32 heavy (non-hydrogen) atoms. The van der Waals surface area contributed by atoms with Gasteiger partial charge in [0.1, 0.15) is 5.76 Å². The molecular formula is C22H30N4O5S. The van der Waals surface area contributed by atoms with Crippen LogP contribution >= 0.6 is 0 Å². The molecule has 0 radical (unpaired) electrons. The van der Waals surface area contributed by atoms with Crippen molar-refractivity contribution in [1.82, 2.24) is 19.4 Å². The molecule has 10 heteroatoms. The number of nitrogens with zero attached hydrogens (tertiary/aromatic N) is 3. The molecule has 0 saturated carbocycles. The summed E-state index contributed by atoms with van der Waals surface area (Å²) in [5, 5.41) is 2.86. The number of piperazine rings is 1. The van der Waals surface area contributed by atoms with E-state index < -0.39 is 10.0 Å². The lowest BCUT2D eigenvalue weighted by atomic mass is 10.2. The van der Waals surface area contributed by atoms with E-state index in [1.54, 1.807) is 47.6 Å². The number of likely N-dealkylation sites (N-methyl/N-ethyl adjacent to an activating group) is 1. The zero-order valence-electron chi connectivity index (χ0n) is 18.4. The highest BCUT2D eigenvalue weighted by Gasteiger charge is 2.30. The van der Waals surface area contributed by atoms with Gasteiger partial charge in [0.25, 0.3) is 0 Å². The Bertz CT molecular complexity index is 985. The van der Waals surface area contributed by atoms with Crippen LogP contribution in [0.5, 0.6) is 0 Å². The second kappa shape index (κ2) is 10.8. The normalized spacial score (nSPS) is 16.2. The molecule has 9 nitrogen and oxygen atoms in total. The first-order valence-corrected chi connectivity index (χ1v) is 12.0. The Balaban J connectivity index is 1.42. The van der Waals surface area contributed by atoms with Crippen LogP contribution in [0, 0.1) is 0 Å². The second-order valence-corrected chi connectivity index (χ2v) is 9.83. The van der Waals surface area contributed by atoms with Crippen molar-refractivity contribution in [2.24, 2.45) is 0 Å². The lowest BCUT2D eigenvalue weighted by molar-refractivity contribution is -0.134. The number of hydrogen-bond donors (Lipinski definition) is 1. The lowest BCUT2D eigenvalue weighted by Gasteiger charge is -2.34. The first kappa shape index (κ1) is 24.0. The van der Waals surface area contributed by atoms with E-state index in [0.717, 1.165) is 5.76 Å². The summed E-state index contributed by atoms with van der Waals surface area (Å²) in [6.45, 7) is 1.48. The fourth-order valence-corrected chi connectivity index (χ4v) is 5.06. The van der Waals surface area contributed by atoms with E-state index >= 15 is 0 Å². The zero-order chi connectivity index (χ0) is 23.1. The molecule has 2 aromatic rings. The summed E-state index contributed by atoms with van der Waals surface area (Å²) in [5.74, 6) is 0.406. The molecule has 2 amide bonds. The Morgan fingerprint density at radius 1 is 1.03 bits per heavy atom. The third kappa shape index (κ3) is 5.96. The first-order chi connectivity index (χ1) is 15.3. The minimum atomic E-state index is -3.56. The molecule has 1 aromatic carbocycles. The van der Waals surface area contributed by atoms with Crippen molar-refractivity contribution in [3.8, 4) is 0 Å². The van der Waals surface area contributed by atoms with Crippen LogP contribution in [-0.2, 0) is 19.6 Å². The van der Waals surface area contributed by atoms with E-state index in [9.17, 15) is 18.0 Å². The van der Waals surface area contributed by atoms with E-state index in [1.807, 2.05) is 25.1 Å². The van der Waals surface area contributed by atoms with Crippen LogP contribution in [0.3, 0.4) is 0 Å². The predicted octanol–water partition coefficient (Wildman–Crippen LogP) is 1.31. The Morgan fingerprint density at radius 2 is 1.72 bits per heavy atom. The van der Waals surface area contributed by atoms with Gasteiger partial charge < -0.3 is 14.6 Å². The summed E-state index contributed by atoms with van der Waals surface area (Å²) in [6.07, 6.45) is 1.77. The summed E-state index contributed by atoms with van der Waals surface area (Å²) in [7, 11) is 0.248. The summed E-state index contributed by atoms with van der Waals surface area (Å²) in [5.41, 5.74) is 0. The molecule has 0 aliphatic carbocycles. The summed E-state index contributed by atoms with van der Waals surface area (Å²) in [4.78, 5) is 28.6. The van der Waals surface area contributed by atoms with Crippen molar-refractivity contribution < 1.29 is 22.4 Å². The minimum Gasteiger partial charge on any atom is -0.468 e. The van der Waals surface area contributed by atoms with Gasteiger partial charge in [-0.2, -0.15) is 4.31 Å². The maximum Gasteiger partial charge on any atom is 0.243 e. The van der Waals surface area contributed by atoms with Crippen molar-refractivity contribution in [3.05, 3.63) is 54.5 Å². The number of rotatable bonds is 9. The number of carbonyl (C=O) groups excluding carboxylic acids is 2. The quantitative estimate of drug-likeness (QED) is 0.603. The molecule has 0 spiro atoms. The van der Waals surface area contributed by atoms with E-state index in [1.165, 1.54) is 4.31 Å². The number of nitrogens with one attached hydrogen (secondary N) is 1. The maximum absolute atomic E-state index is 12.7. The summed E-state index contributed by atoms with van der Waals surface area (Å²) < 4.78 is 32.2. The molecule has 0 bridgehead atoms. The smallest absolute Gasteiger partial charge is 0.243 e. The van der Waals surface area contributed by atoms with Crippen molar-refractivity contribution in [2.45, 2.75) is 23.8 Å². The van der Waals surface area contributed by atoms with Gasteiger partial charge in [-0.15, -0.1) is 0 Å². The average molecular weight is 463 g/mol. The summed E-state index contributed by atoms with van der Waals surface area (Å²) in [6, 6.07) is 11.8. The van der Waals surface area contributed by atoms with Crippen molar-refractivity contribution >= 4 is 21.8 Å². The fraction of sp³-hybridized carbons (Fsp3) is 0.455. The molecular weight excluding hydrogens is 432 g/mol. The predicted molar refractivity (Wildman–Crippen MR) is 119 cm³/mol. The third-order valence-electron chi connectivity index (χ3n) is 5.53. The van der Waals surface area contributed by atoms with Crippen LogP contribution in [0.25, 0.3) is 0 Å². The number of furan rings is 1. The molecule has 1 saturated heterocycles. The number of benzene rings is 1. The highest BCUT2D eigenvalue weighted by Crippen LogP contribution is 2.19. The van der Waals surface area contributed by atoms with Gasteiger partial charge in [0.05, 0.1) is 17.2 Å². The molecule has 1 aliphatic rings. The van der Waals surface area contributed by atoms with Crippen LogP contribution in [0.4, 0.5) is 0 Å². The molecule has 1 fully saturated rings. The average Bonchev–Trinajstić information content (AvgIpc) is 3.32. The fourth-order valence-electron chi connectivity index (χ4n) is 3.62. The third-order valence-corrected chi connectivity index (χ3v) is 7.44. The van der Waals surface area contributed by atoms with Crippen molar-refractivity contribution in [1.29, 1.82) is 0 Å². The van der Waals surface area contributed by atoms with Gasteiger partial charge in [-0.05, 0) is 38.4 Å². The van der Waals surface area contributed by atoms with Gasteiger partial charge in [0, 0.05) is 45.6 Å². The molecule has 174 valence electrons. The monoisotopic (exact) mass is 462 g/mol. The molecule has 1 atom stereocenters. The first-order valence-electron chi connectivity index (χ1n) is 10.6. The molecule has 2 heterocycles. The van der Waals surface area contributed by atoms with E-state index in [2.05, 4.69) is 5.32 Å². The van der Waals surface area contributed by atoms with Gasteiger partial charge in [-0.25, -0.2) is 8.42 Å². The number of sulfonamides is 1. The highest BCUT2D eigenvalue weighted by atomic mass is 32.2. The minimum absolute atomic E-state index is 0.0830. The Labute approximate surface area is 189 Å². The van der Waals surface area contributed by atoms with E-state index in [-0.39, 0.29) is 48.7 Å². The maximum atomic E-state index is 12.7. The molecule has 3 rings (SSSR count). The SMILES string of the molecule is CN(C)C(CNC(=O)CCC(=O)N1CCN(S(=O)(=O)c2ccccc2)CC1)c1ccco1. The second-order valence-electron chi connectivity index (χ2n) is 7.90. The Kier molecular flexibility index (Phi) is 8.05. The number of carbonyl (C=O) groups is 2. The van der Waals surface area contributed by atoms with Gasteiger partial charge in [0.15, 0.2) is 0 Å². The van der Waals surface area contributed by atoms with E-state index in [4.69, 9.17) is 4.42 Å². The van der Waals surface area contributed by atoms with Crippen LogP contribution in [-0.4, -0.2) is 81.2 Å². The van der Waals surface area contributed by atoms with Crippen LogP contribution < -0.4 is 5.32 Å². The lowest BCUT2D eigenvalue weighted by Crippen LogP contribution is -2.50. The van der Waals surface area contributed by atoms with Crippen LogP contribution in [0.15, 0.2) is 58.0 Å². The van der Waals surface area contributed by atoms with Crippen molar-refractivity contribution in [2.75, 3.05) is 46.8 Å². The van der Waals surface area contributed by atoms with Gasteiger partial charge in [-0.3, -0.25) is 14.5 Å². The molecule has 1 N–H and O–H groups in total. The van der Waals surface area contributed by atoms with Crippen molar-refractivity contribution in [3.63, 3.8) is 0 Å². The Morgan fingerprint density at radius 3 is 2.31 bits per heavy atom. The molecule has 1 unspecified atom stereocenters. The Hall–Kier alpha value is -2.69. The van der Waals surface area contributed by atoms with Gasteiger partial charge >= 0.3 is 0 Å². The van der Waals surface area contributed by atoms with Crippen LogP contribution in [0.2, 0.25) is 0 Å². The zero-order valence-corrected chi connectivity index (χ0v) is 19.3. The topological polar surface area (TPSA) is 103 Å². The highest BCUT2D eigenvalue weighted by molar-refractivity contribution is 7.89. The summed E-state index contributed by atoms with van der Waals surface area (Å²) >= 11 is 0.